The predicted octanol–water partition coefficient (Wildman–Crippen LogP) is 0.607. The summed E-state index contributed by atoms with van der Waals surface area (Å²) in [5, 5.41) is 13.5. The van der Waals surface area contributed by atoms with Crippen LogP contribution in [-0.2, 0) is 6.54 Å². The van der Waals surface area contributed by atoms with Crippen LogP contribution in [0.1, 0.15) is 38.4 Å². The molecule has 0 aromatic carbocycles. The molecule has 21 heavy (non-hydrogen) atoms. The average Bonchev–Trinajstić information content (AvgIpc) is 3.04. The van der Waals surface area contributed by atoms with Gasteiger partial charge in [-0.2, -0.15) is 0 Å². The number of fused-ring (bicyclic) bond motifs is 2. The molecule has 3 heterocycles. The highest BCUT2D eigenvalue weighted by Gasteiger charge is 2.24. The smallest absolute Gasteiger partial charge is 0.281 e. The first-order valence-corrected chi connectivity index (χ1v) is 7.47. The van der Waals surface area contributed by atoms with Crippen LogP contribution in [0.2, 0.25) is 0 Å². The molecule has 1 N–H and O–H groups in total. The molecule has 114 valence electrons. The number of hydrogen-bond donors (Lipinski definition) is 1. The third kappa shape index (κ3) is 2.31. The molecular formula is C14H21N5O2. The number of aliphatic hydroxyl groups is 1. The van der Waals surface area contributed by atoms with E-state index in [4.69, 9.17) is 5.11 Å². The Bertz CT molecular complexity index is 703. The summed E-state index contributed by atoms with van der Waals surface area (Å²) in [5.74, 6) is 1.74. The van der Waals surface area contributed by atoms with Crippen molar-refractivity contribution in [3.8, 4) is 0 Å². The quantitative estimate of drug-likeness (QED) is 0.817. The molecular weight excluding hydrogens is 270 g/mol. The lowest BCUT2D eigenvalue weighted by Gasteiger charge is -2.17. The minimum Gasteiger partial charge on any atom is -0.396 e. The highest BCUT2D eigenvalue weighted by Crippen LogP contribution is 2.19. The maximum Gasteiger partial charge on any atom is 0.281 e. The Morgan fingerprint density at radius 2 is 2.14 bits per heavy atom. The van der Waals surface area contributed by atoms with Gasteiger partial charge in [0, 0.05) is 32.2 Å². The monoisotopic (exact) mass is 291 g/mol. The molecule has 0 atom stereocenters. The van der Waals surface area contributed by atoms with Crippen LogP contribution in [0.3, 0.4) is 0 Å². The molecule has 7 nitrogen and oxygen atoms in total. The maximum atomic E-state index is 12.5. The van der Waals surface area contributed by atoms with E-state index >= 15 is 0 Å². The number of nitrogens with zero attached hydrogens (tertiary/aromatic N) is 5. The van der Waals surface area contributed by atoms with Gasteiger partial charge in [0.15, 0.2) is 5.52 Å². The van der Waals surface area contributed by atoms with Crippen molar-refractivity contribution in [2.75, 3.05) is 24.6 Å². The summed E-state index contributed by atoms with van der Waals surface area (Å²) in [6, 6.07) is 0. The first-order chi connectivity index (χ1) is 10.1. The Kier molecular flexibility index (Phi) is 3.67. The van der Waals surface area contributed by atoms with Crippen molar-refractivity contribution in [1.82, 2.24) is 19.2 Å². The number of aliphatic hydroxyl groups excluding tert-OH is 1. The highest BCUT2D eigenvalue weighted by molar-refractivity contribution is 5.47. The number of rotatable bonds is 5. The first-order valence-electron chi connectivity index (χ1n) is 7.47. The van der Waals surface area contributed by atoms with E-state index in [2.05, 4.69) is 15.0 Å². The van der Waals surface area contributed by atoms with Crippen molar-refractivity contribution in [1.29, 1.82) is 0 Å². The van der Waals surface area contributed by atoms with Crippen LogP contribution >= 0.6 is 0 Å². The van der Waals surface area contributed by atoms with Gasteiger partial charge in [-0.3, -0.25) is 9.36 Å². The standard InChI is InChI=1S/C14H21N5O2/c1-10(2)12-15-9-11-13(21)18-7-6-17(5-3-4-8-20)14(18)16-19(11)12/h9-10,20H,3-8H2,1-2H3. The molecule has 0 aliphatic carbocycles. The zero-order valence-electron chi connectivity index (χ0n) is 12.5. The molecule has 2 aromatic rings. The maximum absolute atomic E-state index is 12.5. The van der Waals surface area contributed by atoms with Gasteiger partial charge in [0.1, 0.15) is 5.82 Å². The fourth-order valence-corrected chi connectivity index (χ4v) is 2.76. The van der Waals surface area contributed by atoms with Crippen LogP contribution < -0.4 is 10.5 Å². The summed E-state index contributed by atoms with van der Waals surface area (Å²) >= 11 is 0. The topological polar surface area (TPSA) is 75.7 Å². The van der Waals surface area contributed by atoms with E-state index in [9.17, 15) is 4.79 Å². The Morgan fingerprint density at radius 1 is 1.33 bits per heavy atom. The highest BCUT2D eigenvalue weighted by atomic mass is 16.2. The second kappa shape index (κ2) is 5.48. The number of unbranched alkanes of at least 4 members (excludes halogenated alkanes) is 1. The van der Waals surface area contributed by atoms with Gasteiger partial charge in [-0.25, -0.2) is 9.50 Å². The molecule has 3 rings (SSSR count). The van der Waals surface area contributed by atoms with E-state index < -0.39 is 0 Å². The van der Waals surface area contributed by atoms with Crippen LogP contribution in [0, 0.1) is 0 Å². The van der Waals surface area contributed by atoms with E-state index in [1.165, 1.54) is 0 Å². The third-order valence-corrected chi connectivity index (χ3v) is 3.89. The van der Waals surface area contributed by atoms with Gasteiger partial charge < -0.3 is 10.0 Å². The van der Waals surface area contributed by atoms with Crippen LogP contribution in [0.15, 0.2) is 11.0 Å². The minimum absolute atomic E-state index is 0.0240. The molecule has 0 saturated carbocycles. The number of aromatic nitrogens is 4. The summed E-state index contributed by atoms with van der Waals surface area (Å²) < 4.78 is 3.41. The summed E-state index contributed by atoms with van der Waals surface area (Å²) in [6.07, 6.45) is 3.28. The van der Waals surface area contributed by atoms with E-state index in [-0.39, 0.29) is 18.1 Å². The molecule has 0 amide bonds. The van der Waals surface area contributed by atoms with Crippen LogP contribution in [0.4, 0.5) is 5.95 Å². The zero-order valence-corrected chi connectivity index (χ0v) is 12.5. The lowest BCUT2D eigenvalue weighted by atomic mass is 10.2. The lowest BCUT2D eigenvalue weighted by Crippen LogP contribution is -2.26. The molecule has 0 fully saturated rings. The third-order valence-electron chi connectivity index (χ3n) is 3.89. The Morgan fingerprint density at radius 3 is 2.86 bits per heavy atom. The van der Waals surface area contributed by atoms with Gasteiger partial charge in [0.05, 0.1) is 6.20 Å². The van der Waals surface area contributed by atoms with Crippen molar-refractivity contribution in [3.63, 3.8) is 0 Å². The fraction of sp³-hybridized carbons (Fsp3) is 0.643. The zero-order chi connectivity index (χ0) is 15.0. The molecule has 0 unspecified atom stereocenters. The molecule has 1 aliphatic heterocycles. The van der Waals surface area contributed by atoms with Crippen molar-refractivity contribution < 1.29 is 5.11 Å². The summed E-state index contributed by atoms with van der Waals surface area (Å²) in [5.41, 5.74) is 0.517. The molecule has 0 bridgehead atoms. The van der Waals surface area contributed by atoms with Gasteiger partial charge in [-0.1, -0.05) is 13.8 Å². The average molecular weight is 291 g/mol. The van der Waals surface area contributed by atoms with Crippen LogP contribution in [0.5, 0.6) is 0 Å². The van der Waals surface area contributed by atoms with Crippen molar-refractivity contribution in [2.24, 2.45) is 0 Å². The minimum atomic E-state index is -0.0240. The van der Waals surface area contributed by atoms with Gasteiger partial charge in [0.25, 0.3) is 5.56 Å². The number of anilines is 1. The number of hydrogen-bond acceptors (Lipinski definition) is 5. The van der Waals surface area contributed by atoms with Crippen molar-refractivity contribution in [2.45, 2.75) is 39.2 Å². The van der Waals surface area contributed by atoms with Crippen molar-refractivity contribution >= 4 is 11.5 Å². The molecule has 0 spiro atoms. The van der Waals surface area contributed by atoms with Crippen LogP contribution in [0.25, 0.3) is 5.52 Å². The lowest BCUT2D eigenvalue weighted by molar-refractivity contribution is 0.285. The second-order valence-electron chi connectivity index (χ2n) is 5.74. The summed E-state index contributed by atoms with van der Waals surface area (Å²) in [6.45, 7) is 6.56. The van der Waals surface area contributed by atoms with Crippen LogP contribution in [-0.4, -0.2) is 44.0 Å². The first kappa shape index (κ1) is 14.1. The van der Waals surface area contributed by atoms with E-state index in [1.807, 2.05) is 13.8 Å². The van der Waals surface area contributed by atoms with Gasteiger partial charge in [-0.05, 0) is 12.8 Å². The van der Waals surface area contributed by atoms with Crippen molar-refractivity contribution in [3.05, 3.63) is 22.4 Å². The Hall–Kier alpha value is -1.89. The van der Waals surface area contributed by atoms with E-state index in [1.54, 1.807) is 15.3 Å². The Labute approximate surface area is 122 Å². The van der Waals surface area contributed by atoms with E-state index in [0.717, 1.165) is 31.8 Å². The van der Waals surface area contributed by atoms with Gasteiger partial charge in [0.2, 0.25) is 5.95 Å². The second-order valence-corrected chi connectivity index (χ2v) is 5.74. The SMILES string of the molecule is CC(C)c1ncc2c(=O)n3c(nn12)N(CCCCO)CC3. The molecule has 2 aromatic heterocycles. The fourth-order valence-electron chi connectivity index (χ4n) is 2.76. The van der Waals surface area contributed by atoms with Gasteiger partial charge in [-0.15, -0.1) is 5.10 Å². The normalized spacial score (nSPS) is 14.4. The molecule has 0 radical (unpaired) electrons. The summed E-state index contributed by atoms with van der Waals surface area (Å²) in [4.78, 5) is 19.0. The predicted molar refractivity (Wildman–Crippen MR) is 79.9 cm³/mol. The van der Waals surface area contributed by atoms with E-state index in [0.29, 0.717) is 18.0 Å². The largest absolute Gasteiger partial charge is 0.396 e. The summed E-state index contributed by atoms with van der Waals surface area (Å²) in [7, 11) is 0. The molecule has 1 aliphatic rings. The van der Waals surface area contributed by atoms with Gasteiger partial charge >= 0.3 is 0 Å². The molecule has 0 saturated heterocycles. The molecule has 7 heteroatoms. The Balaban J connectivity index is 2.03. The number of imidazole rings is 1.